The van der Waals surface area contributed by atoms with E-state index in [4.69, 9.17) is 9.40 Å². The predicted molar refractivity (Wildman–Crippen MR) is 117 cm³/mol. The van der Waals surface area contributed by atoms with Crippen molar-refractivity contribution in [3.8, 4) is 5.75 Å². The fraction of sp³-hybridized carbons (Fsp3) is 0.417. The van der Waals surface area contributed by atoms with Crippen LogP contribution in [0, 0.1) is 5.92 Å². The van der Waals surface area contributed by atoms with E-state index in [1.807, 2.05) is 13.0 Å². The maximum atomic E-state index is 13.7. The van der Waals surface area contributed by atoms with Crippen LogP contribution in [0.3, 0.4) is 0 Å². The van der Waals surface area contributed by atoms with Gasteiger partial charge in [-0.05, 0) is 44.7 Å². The Hall–Kier alpha value is -3.29. The van der Waals surface area contributed by atoms with Crippen LogP contribution in [0.1, 0.15) is 55.7 Å². The SMILES string of the molecule is COc1cc2c(cc1NC(=O)c1cccc(C(C)(F)F)[n+]1O)=CC(C1CCC(C)(O)CC1)=[N+]=2. The minimum absolute atomic E-state index is 0.195. The highest BCUT2D eigenvalue weighted by Gasteiger charge is 2.39. The summed E-state index contributed by atoms with van der Waals surface area (Å²) in [7, 11) is 1.45. The van der Waals surface area contributed by atoms with Crippen molar-refractivity contribution in [2.24, 2.45) is 5.92 Å². The first kappa shape index (κ1) is 22.9. The molecule has 2 aromatic rings. The van der Waals surface area contributed by atoms with Gasteiger partial charge in [-0.25, -0.2) is 0 Å². The van der Waals surface area contributed by atoms with Crippen LogP contribution >= 0.6 is 0 Å². The number of benzene rings is 1. The Labute approximate surface area is 189 Å². The summed E-state index contributed by atoms with van der Waals surface area (Å²) in [4.78, 5) is 12.8. The van der Waals surface area contributed by atoms with E-state index in [9.17, 15) is 23.9 Å². The van der Waals surface area contributed by atoms with Crippen LogP contribution in [0.5, 0.6) is 5.75 Å². The summed E-state index contributed by atoms with van der Waals surface area (Å²) >= 11 is 0. The lowest BCUT2D eigenvalue weighted by Crippen LogP contribution is -2.46. The molecular weight excluding hydrogens is 432 g/mol. The van der Waals surface area contributed by atoms with Gasteiger partial charge in [0.1, 0.15) is 5.75 Å². The van der Waals surface area contributed by atoms with Gasteiger partial charge in [0.2, 0.25) is 0 Å². The summed E-state index contributed by atoms with van der Waals surface area (Å²) in [5.41, 5.74) is -0.418. The average Bonchev–Trinajstić information content (AvgIpc) is 3.15. The molecule has 1 amide bonds. The molecule has 4 rings (SSSR count). The van der Waals surface area contributed by atoms with Gasteiger partial charge in [-0.3, -0.25) is 10.0 Å². The summed E-state index contributed by atoms with van der Waals surface area (Å²) in [6.45, 7) is 2.49. The predicted octanol–water partition coefficient (Wildman–Crippen LogP) is 1.45. The van der Waals surface area contributed by atoms with Crippen LogP contribution in [-0.4, -0.2) is 34.6 Å². The van der Waals surface area contributed by atoms with Crippen molar-refractivity contribution in [1.29, 1.82) is 0 Å². The number of pyridine rings is 1. The van der Waals surface area contributed by atoms with Crippen molar-refractivity contribution in [2.75, 3.05) is 12.4 Å². The first-order valence-electron chi connectivity index (χ1n) is 10.8. The fourth-order valence-corrected chi connectivity index (χ4v) is 4.33. The highest BCUT2D eigenvalue weighted by atomic mass is 19.3. The molecule has 7 nitrogen and oxygen atoms in total. The molecule has 0 bridgehead atoms. The number of hydrogen-bond donors (Lipinski definition) is 3. The zero-order valence-electron chi connectivity index (χ0n) is 18.7. The quantitative estimate of drug-likeness (QED) is 0.358. The summed E-state index contributed by atoms with van der Waals surface area (Å²) < 4.78 is 37.8. The second-order valence-electron chi connectivity index (χ2n) is 9.01. The number of nitrogens with zero attached hydrogens (tertiary/aromatic N) is 2. The molecule has 3 N–H and O–H groups in total. The number of aliphatic hydroxyl groups is 1. The van der Waals surface area contributed by atoms with Crippen molar-refractivity contribution < 1.29 is 33.4 Å². The fourth-order valence-electron chi connectivity index (χ4n) is 4.33. The number of carbonyl (C=O) groups excluding carboxylic acids is 1. The lowest BCUT2D eigenvalue weighted by molar-refractivity contribution is -0.914. The summed E-state index contributed by atoms with van der Waals surface area (Å²) in [5, 5.41) is 24.5. The molecule has 9 heteroatoms. The summed E-state index contributed by atoms with van der Waals surface area (Å²) in [5.74, 6) is -3.50. The van der Waals surface area contributed by atoms with E-state index in [1.165, 1.54) is 19.2 Å². The van der Waals surface area contributed by atoms with Gasteiger partial charge in [-0.1, -0.05) is 4.67 Å². The largest absolute Gasteiger partial charge is 0.494 e. The lowest BCUT2D eigenvalue weighted by atomic mass is 9.78. The van der Waals surface area contributed by atoms with Gasteiger partial charge in [-0.2, -0.15) is 8.78 Å². The minimum Gasteiger partial charge on any atom is -0.494 e. The topological polar surface area (TPSA) is 96.8 Å². The molecule has 0 unspecified atom stereocenters. The molecule has 33 heavy (non-hydrogen) atoms. The van der Waals surface area contributed by atoms with E-state index in [0.717, 1.165) is 29.8 Å². The van der Waals surface area contributed by atoms with E-state index in [2.05, 4.69) is 5.32 Å². The molecule has 0 radical (unpaired) electrons. The Morgan fingerprint density at radius 3 is 2.64 bits per heavy atom. The van der Waals surface area contributed by atoms with Crippen molar-refractivity contribution in [1.82, 2.24) is 4.67 Å². The number of fused-ring (bicyclic) bond motifs is 1. The van der Waals surface area contributed by atoms with E-state index in [1.54, 1.807) is 12.1 Å². The summed E-state index contributed by atoms with van der Waals surface area (Å²) in [6, 6.07) is 6.99. The van der Waals surface area contributed by atoms with E-state index >= 15 is 0 Å². The number of hydrogen-bond acceptors (Lipinski definition) is 4. The van der Waals surface area contributed by atoms with E-state index < -0.39 is 23.1 Å². The number of aromatic nitrogens is 1. The number of anilines is 1. The first-order valence-corrected chi connectivity index (χ1v) is 10.8. The van der Waals surface area contributed by atoms with E-state index in [0.29, 0.717) is 36.6 Å². The Kier molecular flexibility index (Phi) is 5.72. The minimum atomic E-state index is -3.33. The van der Waals surface area contributed by atoms with Gasteiger partial charge in [0.05, 0.1) is 35.6 Å². The molecule has 1 aromatic carbocycles. The lowest BCUT2D eigenvalue weighted by Gasteiger charge is -2.30. The van der Waals surface area contributed by atoms with E-state index in [-0.39, 0.29) is 16.3 Å². The highest BCUT2D eigenvalue weighted by Crippen LogP contribution is 2.32. The number of alkyl halides is 2. The third-order valence-electron chi connectivity index (χ3n) is 6.28. The van der Waals surface area contributed by atoms with Gasteiger partial charge in [0.15, 0.2) is 0 Å². The Bertz CT molecular complexity index is 1270. The molecule has 0 atom stereocenters. The number of rotatable bonds is 5. The van der Waals surface area contributed by atoms with Crippen LogP contribution in [0.2, 0.25) is 0 Å². The van der Waals surface area contributed by atoms with Gasteiger partial charge in [0, 0.05) is 29.9 Å². The van der Waals surface area contributed by atoms with Crippen molar-refractivity contribution in [3.63, 3.8) is 0 Å². The third kappa shape index (κ3) is 4.60. The number of carbonyl (C=O) groups is 1. The number of halogens is 2. The molecule has 2 heterocycles. The second-order valence-corrected chi connectivity index (χ2v) is 9.01. The van der Waals surface area contributed by atoms with Crippen molar-refractivity contribution in [3.05, 3.63) is 52.3 Å². The maximum absolute atomic E-state index is 13.7. The number of nitrogens with one attached hydrogen (secondary N) is 1. The Balaban J connectivity index is 1.62. The summed E-state index contributed by atoms with van der Waals surface area (Å²) in [6.07, 6.45) is 5.06. The molecule has 1 fully saturated rings. The third-order valence-corrected chi connectivity index (χ3v) is 6.28. The van der Waals surface area contributed by atoms with Crippen LogP contribution in [0.4, 0.5) is 14.5 Å². The molecular formula is C24H27F2N3O4+2. The average molecular weight is 459 g/mol. The molecule has 2 aliphatic rings. The second kappa shape index (κ2) is 8.24. The molecule has 1 aromatic heterocycles. The first-order chi connectivity index (χ1) is 15.5. The maximum Gasteiger partial charge on any atom is 0.338 e. The monoisotopic (exact) mass is 459 g/mol. The van der Waals surface area contributed by atoms with Gasteiger partial charge in [0.25, 0.3) is 0 Å². The zero-order valence-corrected chi connectivity index (χ0v) is 18.7. The smallest absolute Gasteiger partial charge is 0.338 e. The highest BCUT2D eigenvalue weighted by molar-refractivity contribution is 6.11. The van der Waals surface area contributed by atoms with Gasteiger partial charge >= 0.3 is 34.3 Å². The molecule has 1 saturated carbocycles. The molecule has 1 aliphatic heterocycles. The molecule has 174 valence electrons. The molecule has 0 spiro atoms. The Morgan fingerprint density at radius 2 is 2.00 bits per heavy atom. The van der Waals surface area contributed by atoms with Crippen molar-refractivity contribution >= 4 is 23.4 Å². The normalized spacial score (nSPS) is 22.0. The van der Waals surface area contributed by atoms with Crippen LogP contribution in [-0.2, 0) is 5.92 Å². The standard InChI is InChI=1S/C24H26F2N3O4/c1-23(31)9-7-14(8-10-23)16-11-15-12-18(20(33-3)13-17(15)27-16)28-22(30)19-5-4-6-21(29(19)32)24(2,25)26/h4-6,11-14,31H,7-10H2,1-3H3,(H,30,32)/q+1/p+1. The Morgan fingerprint density at radius 1 is 1.30 bits per heavy atom. The van der Waals surface area contributed by atoms with Gasteiger partial charge in [-0.15, -0.1) is 0 Å². The van der Waals surface area contributed by atoms with Crippen LogP contribution < -0.4 is 30.0 Å². The number of ether oxygens (including phenoxy) is 1. The van der Waals surface area contributed by atoms with Crippen LogP contribution in [0.15, 0.2) is 30.3 Å². The van der Waals surface area contributed by atoms with Gasteiger partial charge < -0.3 is 15.2 Å². The molecule has 0 saturated heterocycles. The van der Waals surface area contributed by atoms with Crippen LogP contribution in [0.25, 0.3) is 6.08 Å². The molecule has 1 aliphatic carbocycles. The zero-order chi connectivity index (χ0) is 24.0. The number of methoxy groups -OCH3 is 1. The van der Waals surface area contributed by atoms with Crippen molar-refractivity contribution in [2.45, 2.75) is 51.1 Å². The number of amides is 1.